The third kappa shape index (κ3) is 6.36. The molecule has 11 heteroatoms. The van der Waals surface area contributed by atoms with Crippen LogP contribution >= 0.6 is 34.3 Å². The molecule has 0 bridgehead atoms. The number of halogens is 1. The zero-order chi connectivity index (χ0) is 21.7. The maximum Gasteiger partial charge on any atom is 0.413 e. The van der Waals surface area contributed by atoms with Crippen LogP contribution in [0.3, 0.4) is 0 Å². The van der Waals surface area contributed by atoms with Crippen molar-refractivity contribution in [3.8, 4) is 10.6 Å². The highest BCUT2D eigenvalue weighted by molar-refractivity contribution is 7.20. The molecule has 30 heavy (non-hydrogen) atoms. The normalized spacial score (nSPS) is 11.4. The Labute approximate surface area is 187 Å². The summed E-state index contributed by atoms with van der Waals surface area (Å²) in [5, 5.41) is 9.49. The number of aromatic nitrogens is 3. The predicted molar refractivity (Wildman–Crippen MR) is 121 cm³/mol. The number of rotatable bonds is 7. The van der Waals surface area contributed by atoms with Gasteiger partial charge in [0.05, 0.1) is 27.9 Å². The average Bonchev–Trinajstić information content (AvgIpc) is 3.27. The van der Waals surface area contributed by atoms with E-state index in [2.05, 4.69) is 25.6 Å². The van der Waals surface area contributed by atoms with Crippen LogP contribution in [0.1, 0.15) is 26.5 Å². The molecule has 2 N–H and O–H groups in total. The van der Waals surface area contributed by atoms with Gasteiger partial charge < -0.3 is 14.8 Å². The highest BCUT2D eigenvalue weighted by Crippen LogP contribution is 2.36. The maximum absolute atomic E-state index is 12.1. The summed E-state index contributed by atoms with van der Waals surface area (Å²) in [5.74, 6) is 0.650. The number of thiazole rings is 2. The van der Waals surface area contributed by atoms with Crippen molar-refractivity contribution >= 4 is 56.4 Å². The predicted octanol–water partition coefficient (Wildman–Crippen LogP) is 5.59. The molecule has 0 aliphatic carbocycles. The number of carbonyl (C=O) groups is 1. The van der Waals surface area contributed by atoms with E-state index in [4.69, 9.17) is 21.1 Å². The van der Waals surface area contributed by atoms with Crippen LogP contribution in [0.4, 0.5) is 20.9 Å². The van der Waals surface area contributed by atoms with Gasteiger partial charge in [-0.2, -0.15) is 0 Å². The van der Waals surface area contributed by atoms with Gasteiger partial charge in [-0.25, -0.2) is 19.7 Å². The van der Waals surface area contributed by atoms with E-state index in [1.54, 1.807) is 25.4 Å². The molecule has 0 saturated heterocycles. The molecule has 0 unspecified atom stereocenters. The second kappa shape index (κ2) is 9.69. The summed E-state index contributed by atoms with van der Waals surface area (Å²) in [5.41, 5.74) is 0.973. The number of hydrogen-bond acceptors (Lipinski definition) is 9. The molecule has 1 amide bonds. The third-order valence-electron chi connectivity index (χ3n) is 3.55. The van der Waals surface area contributed by atoms with Crippen LogP contribution in [0.25, 0.3) is 10.6 Å². The van der Waals surface area contributed by atoms with Crippen molar-refractivity contribution in [1.29, 1.82) is 0 Å². The van der Waals surface area contributed by atoms with Crippen molar-refractivity contribution in [1.82, 2.24) is 15.0 Å². The van der Waals surface area contributed by atoms with E-state index in [-0.39, 0.29) is 0 Å². The second-order valence-electron chi connectivity index (χ2n) is 7.19. The number of hydrogen-bond donors (Lipinski definition) is 2. The Bertz CT molecular complexity index is 999. The van der Waals surface area contributed by atoms with E-state index in [0.717, 1.165) is 16.3 Å². The van der Waals surface area contributed by atoms with Gasteiger partial charge >= 0.3 is 6.09 Å². The SMILES string of the molecule is COCCc1nc(NC(=O)OC(C)(C)C)sc1-c1csc(Nc2ccc(Cl)cn2)n1. The first-order valence-electron chi connectivity index (χ1n) is 9.06. The van der Waals surface area contributed by atoms with Crippen LogP contribution in [0.15, 0.2) is 23.7 Å². The summed E-state index contributed by atoms with van der Waals surface area (Å²) in [7, 11) is 1.63. The van der Waals surface area contributed by atoms with Crippen molar-refractivity contribution in [3.63, 3.8) is 0 Å². The molecule has 0 atom stereocenters. The lowest BCUT2D eigenvalue weighted by Gasteiger charge is -2.18. The number of anilines is 3. The quantitative estimate of drug-likeness (QED) is 0.467. The Balaban J connectivity index is 1.79. The van der Waals surface area contributed by atoms with E-state index in [0.29, 0.717) is 34.1 Å². The fourth-order valence-corrected chi connectivity index (χ4v) is 4.21. The highest BCUT2D eigenvalue weighted by Gasteiger charge is 2.20. The number of nitrogens with one attached hydrogen (secondary N) is 2. The van der Waals surface area contributed by atoms with Crippen molar-refractivity contribution in [2.75, 3.05) is 24.4 Å². The molecule has 0 aromatic carbocycles. The van der Waals surface area contributed by atoms with E-state index in [1.807, 2.05) is 26.2 Å². The summed E-state index contributed by atoms with van der Waals surface area (Å²) in [6.07, 6.45) is 1.62. The number of carbonyl (C=O) groups excluding carboxylic acids is 1. The van der Waals surface area contributed by atoms with Gasteiger partial charge in [-0.05, 0) is 32.9 Å². The summed E-state index contributed by atoms with van der Waals surface area (Å²) in [4.78, 5) is 26.4. The standard InChI is InChI=1S/C19H22ClN5O3S2/c1-19(2,3)28-18(26)25-17-22-12(7-8-27-4)15(30-17)13-10-29-16(23-13)24-14-6-5-11(20)9-21-14/h5-6,9-10H,7-8H2,1-4H3,(H,21,23,24)(H,22,25,26). The van der Waals surface area contributed by atoms with E-state index < -0.39 is 11.7 Å². The van der Waals surface area contributed by atoms with E-state index in [1.165, 1.54) is 22.7 Å². The number of nitrogens with zero attached hydrogens (tertiary/aromatic N) is 3. The fourth-order valence-electron chi connectivity index (χ4n) is 2.36. The fraction of sp³-hybridized carbons (Fsp3) is 0.368. The van der Waals surface area contributed by atoms with E-state index in [9.17, 15) is 4.79 Å². The van der Waals surface area contributed by atoms with Gasteiger partial charge in [-0.1, -0.05) is 22.9 Å². The first-order valence-corrected chi connectivity index (χ1v) is 11.1. The Morgan fingerprint density at radius 1 is 1.23 bits per heavy atom. The third-order valence-corrected chi connectivity index (χ3v) is 5.56. The molecule has 3 aromatic heterocycles. The Kier molecular flexibility index (Phi) is 7.24. The molecule has 0 spiro atoms. The molecular formula is C19H22ClN5O3S2. The van der Waals surface area contributed by atoms with Gasteiger partial charge in [-0.3, -0.25) is 5.32 Å². The van der Waals surface area contributed by atoms with Gasteiger partial charge in [0.1, 0.15) is 11.4 Å². The average molecular weight is 468 g/mol. The Morgan fingerprint density at radius 2 is 2.03 bits per heavy atom. The zero-order valence-corrected chi connectivity index (χ0v) is 19.4. The topological polar surface area (TPSA) is 98.3 Å². The minimum atomic E-state index is -0.589. The van der Waals surface area contributed by atoms with Gasteiger partial charge in [0.15, 0.2) is 10.3 Å². The van der Waals surface area contributed by atoms with Crippen LogP contribution in [0, 0.1) is 0 Å². The molecule has 0 radical (unpaired) electrons. The number of pyridine rings is 1. The van der Waals surface area contributed by atoms with Crippen LogP contribution in [0.2, 0.25) is 5.02 Å². The summed E-state index contributed by atoms with van der Waals surface area (Å²) >= 11 is 8.66. The molecule has 3 aromatic rings. The van der Waals surface area contributed by atoms with Crippen molar-refractivity contribution < 1.29 is 14.3 Å². The molecular weight excluding hydrogens is 446 g/mol. The number of methoxy groups -OCH3 is 1. The van der Waals surface area contributed by atoms with Crippen molar-refractivity contribution in [2.24, 2.45) is 0 Å². The maximum atomic E-state index is 12.1. The van der Waals surface area contributed by atoms with Gasteiger partial charge in [0.2, 0.25) is 0 Å². The summed E-state index contributed by atoms with van der Waals surface area (Å²) in [6, 6.07) is 3.54. The first-order chi connectivity index (χ1) is 14.2. The molecule has 0 aliphatic heterocycles. The molecule has 0 saturated carbocycles. The lowest BCUT2D eigenvalue weighted by molar-refractivity contribution is 0.0636. The van der Waals surface area contributed by atoms with Crippen LogP contribution in [-0.4, -0.2) is 40.4 Å². The lowest BCUT2D eigenvalue weighted by Crippen LogP contribution is -2.27. The van der Waals surface area contributed by atoms with Gasteiger partial charge in [-0.15, -0.1) is 11.3 Å². The molecule has 3 rings (SSSR count). The van der Waals surface area contributed by atoms with Crippen molar-refractivity contribution in [2.45, 2.75) is 32.8 Å². The summed E-state index contributed by atoms with van der Waals surface area (Å²) < 4.78 is 10.5. The molecule has 0 aliphatic rings. The smallest absolute Gasteiger partial charge is 0.413 e. The van der Waals surface area contributed by atoms with Crippen molar-refractivity contribution in [3.05, 3.63) is 34.4 Å². The second-order valence-corrected chi connectivity index (χ2v) is 9.48. The molecule has 0 fully saturated rings. The molecule has 160 valence electrons. The van der Waals surface area contributed by atoms with E-state index >= 15 is 0 Å². The largest absolute Gasteiger partial charge is 0.444 e. The zero-order valence-electron chi connectivity index (χ0n) is 17.0. The van der Waals surface area contributed by atoms with Gasteiger partial charge in [0, 0.05) is 25.1 Å². The highest BCUT2D eigenvalue weighted by atomic mass is 35.5. The minimum Gasteiger partial charge on any atom is -0.444 e. The number of amides is 1. The lowest BCUT2D eigenvalue weighted by atomic mass is 10.2. The van der Waals surface area contributed by atoms with Crippen LogP contribution in [-0.2, 0) is 15.9 Å². The molecule has 8 nitrogen and oxygen atoms in total. The summed E-state index contributed by atoms with van der Waals surface area (Å²) in [6.45, 7) is 5.93. The minimum absolute atomic E-state index is 0.451. The van der Waals surface area contributed by atoms with Gasteiger partial charge in [0.25, 0.3) is 0 Å². The monoisotopic (exact) mass is 467 g/mol. The molecule has 3 heterocycles. The Morgan fingerprint density at radius 3 is 2.70 bits per heavy atom. The van der Waals surface area contributed by atoms with Crippen LogP contribution < -0.4 is 10.6 Å². The number of ether oxygens (including phenoxy) is 2. The Hall–Kier alpha value is -2.27. The first kappa shape index (κ1) is 22.4. The van der Waals surface area contributed by atoms with Crippen LogP contribution in [0.5, 0.6) is 0 Å².